The normalized spacial score (nSPS) is 17.1. The van der Waals surface area contributed by atoms with E-state index in [0.717, 1.165) is 49.3 Å². The van der Waals surface area contributed by atoms with E-state index in [9.17, 15) is 18.0 Å². The van der Waals surface area contributed by atoms with Gasteiger partial charge < -0.3 is 20.3 Å². The van der Waals surface area contributed by atoms with Crippen molar-refractivity contribution in [3.8, 4) is 5.75 Å². The Morgan fingerprint density at radius 3 is 2.20 bits per heavy atom. The number of nitrogens with zero attached hydrogens (tertiary/aromatic N) is 3. The molecule has 2 unspecified atom stereocenters. The summed E-state index contributed by atoms with van der Waals surface area (Å²) in [7, 11) is 4.08. The van der Waals surface area contributed by atoms with E-state index < -0.39 is 11.7 Å². The monoisotopic (exact) mass is 562 g/mol. The predicted molar refractivity (Wildman–Crippen MR) is 154 cm³/mol. The van der Waals surface area contributed by atoms with Crippen LogP contribution in [0, 0.1) is 13.8 Å². The average Bonchev–Trinajstić information content (AvgIpc) is 2.89. The highest BCUT2D eigenvalue weighted by molar-refractivity contribution is 5.94. The maximum atomic E-state index is 12.9. The van der Waals surface area contributed by atoms with Crippen molar-refractivity contribution in [2.45, 2.75) is 64.7 Å². The molecule has 1 fully saturated rings. The maximum absolute atomic E-state index is 12.9. The lowest BCUT2D eigenvalue weighted by Gasteiger charge is -2.39. The second-order valence-corrected chi connectivity index (χ2v) is 11.7. The molecule has 1 aliphatic heterocycles. The Bertz CT molecular complexity index is 1120. The van der Waals surface area contributed by atoms with Crippen molar-refractivity contribution in [2.24, 2.45) is 5.73 Å². The Kier molecular flexibility index (Phi) is 10.7. The molecule has 0 saturated carbocycles. The molecule has 0 aromatic heterocycles. The standard InChI is InChI=1S/C31H45F3N4O2/c1-22-23(2)28(40-20-8-7-15-30(4,35)21-36(5)6)14-13-27(22)24(3)37-16-18-38(19-17-37)29(39)25-9-11-26(12-10-25)31(32,33)34/h9-14,24H,7-8,15-21,35H2,1-6H3. The Balaban J connectivity index is 1.51. The second kappa shape index (κ2) is 13.4. The van der Waals surface area contributed by atoms with E-state index in [1.165, 1.54) is 23.3 Å². The number of nitrogens with two attached hydrogens (primary N) is 1. The van der Waals surface area contributed by atoms with E-state index >= 15 is 0 Å². The third kappa shape index (κ3) is 8.44. The number of ether oxygens (including phenoxy) is 1. The SMILES string of the molecule is Cc1c(OCCCCC(C)(N)CN(C)C)ccc(C(C)N2CCN(C(=O)c3ccc(C(F)(F)F)cc3)CC2)c1C. The highest BCUT2D eigenvalue weighted by atomic mass is 19.4. The summed E-state index contributed by atoms with van der Waals surface area (Å²) in [6, 6.07) is 8.80. The van der Waals surface area contributed by atoms with Gasteiger partial charge in [-0.25, -0.2) is 0 Å². The summed E-state index contributed by atoms with van der Waals surface area (Å²) in [5, 5.41) is 0. The number of carbonyl (C=O) groups excluding carboxylic acids is 1. The number of likely N-dealkylation sites (N-methyl/N-ethyl adjacent to an activating group) is 1. The second-order valence-electron chi connectivity index (χ2n) is 11.7. The van der Waals surface area contributed by atoms with Gasteiger partial charge in [-0.05, 0) is 108 Å². The summed E-state index contributed by atoms with van der Waals surface area (Å²) in [6.07, 6.45) is -1.50. The Labute approximate surface area is 237 Å². The van der Waals surface area contributed by atoms with Crippen LogP contribution in [0.2, 0.25) is 0 Å². The minimum atomic E-state index is -4.41. The van der Waals surface area contributed by atoms with Crippen LogP contribution in [0.3, 0.4) is 0 Å². The smallest absolute Gasteiger partial charge is 0.416 e. The van der Waals surface area contributed by atoms with Crippen LogP contribution in [-0.2, 0) is 6.18 Å². The number of alkyl halides is 3. The minimum absolute atomic E-state index is 0.162. The van der Waals surface area contributed by atoms with Crippen molar-refractivity contribution in [3.05, 3.63) is 64.2 Å². The highest BCUT2D eigenvalue weighted by Crippen LogP contribution is 2.32. The number of piperazine rings is 1. The lowest BCUT2D eigenvalue weighted by molar-refractivity contribution is -0.137. The number of hydrogen-bond acceptors (Lipinski definition) is 5. The van der Waals surface area contributed by atoms with Gasteiger partial charge in [0.15, 0.2) is 0 Å². The first-order valence-electron chi connectivity index (χ1n) is 14.1. The van der Waals surface area contributed by atoms with E-state index in [2.05, 4.69) is 49.6 Å². The third-order valence-corrected chi connectivity index (χ3v) is 7.92. The molecule has 40 heavy (non-hydrogen) atoms. The van der Waals surface area contributed by atoms with Gasteiger partial charge in [-0.15, -0.1) is 0 Å². The molecular weight excluding hydrogens is 517 g/mol. The first-order valence-corrected chi connectivity index (χ1v) is 14.1. The molecule has 1 aliphatic rings. The predicted octanol–water partition coefficient (Wildman–Crippen LogP) is 5.67. The first kappa shape index (κ1) is 31.9. The lowest BCUT2D eigenvalue weighted by Crippen LogP contribution is -2.49. The lowest BCUT2D eigenvalue weighted by atomic mass is 9.95. The van der Waals surface area contributed by atoms with Crippen molar-refractivity contribution in [3.63, 3.8) is 0 Å². The molecule has 222 valence electrons. The van der Waals surface area contributed by atoms with Gasteiger partial charge in [0, 0.05) is 49.9 Å². The van der Waals surface area contributed by atoms with Gasteiger partial charge in [0.05, 0.1) is 12.2 Å². The highest BCUT2D eigenvalue weighted by Gasteiger charge is 2.31. The van der Waals surface area contributed by atoms with Gasteiger partial charge in [0.25, 0.3) is 5.91 Å². The van der Waals surface area contributed by atoms with Gasteiger partial charge in [0.1, 0.15) is 5.75 Å². The van der Waals surface area contributed by atoms with Crippen LogP contribution in [0.15, 0.2) is 36.4 Å². The molecule has 3 rings (SSSR count). The van der Waals surface area contributed by atoms with Crippen molar-refractivity contribution >= 4 is 5.91 Å². The molecule has 0 aliphatic carbocycles. The van der Waals surface area contributed by atoms with Gasteiger partial charge in [-0.3, -0.25) is 9.69 Å². The number of rotatable bonds is 11. The van der Waals surface area contributed by atoms with Gasteiger partial charge in [-0.1, -0.05) is 6.07 Å². The van der Waals surface area contributed by atoms with E-state index in [0.29, 0.717) is 32.8 Å². The fourth-order valence-electron chi connectivity index (χ4n) is 5.53. The Morgan fingerprint density at radius 1 is 1.00 bits per heavy atom. The van der Waals surface area contributed by atoms with Crippen molar-refractivity contribution in [1.82, 2.24) is 14.7 Å². The summed E-state index contributed by atoms with van der Waals surface area (Å²) in [6.45, 7) is 12.4. The molecule has 2 atom stereocenters. The zero-order valence-electron chi connectivity index (χ0n) is 24.8. The Morgan fingerprint density at radius 2 is 1.62 bits per heavy atom. The van der Waals surface area contributed by atoms with Gasteiger partial charge >= 0.3 is 6.18 Å². The summed E-state index contributed by atoms with van der Waals surface area (Å²) < 4.78 is 44.7. The number of carbonyl (C=O) groups is 1. The van der Waals surface area contributed by atoms with Crippen LogP contribution in [0.1, 0.15) is 71.8 Å². The van der Waals surface area contributed by atoms with Crippen LogP contribution < -0.4 is 10.5 Å². The van der Waals surface area contributed by atoms with E-state index in [4.69, 9.17) is 10.5 Å². The third-order valence-electron chi connectivity index (χ3n) is 7.92. The molecule has 0 bridgehead atoms. The first-order chi connectivity index (χ1) is 18.7. The van der Waals surface area contributed by atoms with Crippen molar-refractivity contribution < 1.29 is 22.7 Å². The summed E-state index contributed by atoms with van der Waals surface area (Å²) in [4.78, 5) is 19.0. The zero-order valence-corrected chi connectivity index (χ0v) is 24.8. The molecule has 2 aromatic carbocycles. The molecule has 9 heteroatoms. The molecule has 0 spiro atoms. The molecule has 2 N–H and O–H groups in total. The minimum Gasteiger partial charge on any atom is -0.493 e. The maximum Gasteiger partial charge on any atom is 0.416 e. The molecule has 0 radical (unpaired) electrons. The fourth-order valence-corrected chi connectivity index (χ4v) is 5.53. The van der Waals surface area contributed by atoms with Crippen LogP contribution in [-0.4, -0.2) is 79.6 Å². The largest absolute Gasteiger partial charge is 0.493 e. The molecule has 6 nitrogen and oxygen atoms in total. The van der Waals surface area contributed by atoms with Crippen LogP contribution in [0.4, 0.5) is 13.2 Å². The molecule has 1 saturated heterocycles. The fraction of sp³-hybridized carbons (Fsp3) is 0.581. The van der Waals surface area contributed by atoms with Gasteiger partial charge in [0.2, 0.25) is 0 Å². The van der Waals surface area contributed by atoms with Gasteiger partial charge in [-0.2, -0.15) is 13.2 Å². The Hall–Kier alpha value is -2.62. The number of benzene rings is 2. The summed E-state index contributed by atoms with van der Waals surface area (Å²) >= 11 is 0. The molecule has 1 heterocycles. The van der Waals surface area contributed by atoms with Crippen LogP contribution >= 0.6 is 0 Å². The number of amides is 1. The van der Waals surface area contributed by atoms with Crippen LogP contribution in [0.25, 0.3) is 0 Å². The van der Waals surface area contributed by atoms with Crippen molar-refractivity contribution in [1.29, 1.82) is 0 Å². The average molecular weight is 563 g/mol. The van der Waals surface area contributed by atoms with E-state index in [1.807, 2.05) is 14.1 Å². The zero-order chi connectivity index (χ0) is 29.7. The molecular formula is C31H45F3N4O2. The number of unbranched alkanes of at least 4 members (excludes halogenated alkanes) is 1. The molecule has 2 aromatic rings. The number of halogens is 3. The summed E-state index contributed by atoms with van der Waals surface area (Å²) in [5.41, 5.74) is 9.29. The van der Waals surface area contributed by atoms with Crippen LogP contribution in [0.5, 0.6) is 5.75 Å². The topological polar surface area (TPSA) is 62.0 Å². The number of hydrogen-bond donors (Lipinski definition) is 1. The quantitative estimate of drug-likeness (QED) is 0.358. The van der Waals surface area contributed by atoms with E-state index in [1.54, 1.807) is 4.90 Å². The van der Waals surface area contributed by atoms with Crippen molar-refractivity contribution in [2.75, 3.05) is 53.4 Å². The summed E-state index contributed by atoms with van der Waals surface area (Å²) in [5.74, 6) is 0.674. The molecule has 1 amide bonds. The van der Waals surface area contributed by atoms with E-state index in [-0.39, 0.29) is 23.1 Å².